The lowest BCUT2D eigenvalue weighted by molar-refractivity contribution is -0.117. The van der Waals surface area contributed by atoms with E-state index in [1.165, 1.54) is 25.7 Å². The lowest BCUT2D eigenvalue weighted by atomic mass is 9.86. The van der Waals surface area contributed by atoms with Gasteiger partial charge in [0.25, 0.3) is 0 Å². The summed E-state index contributed by atoms with van der Waals surface area (Å²) < 4.78 is 0.899. The second-order valence-electron chi connectivity index (χ2n) is 6.24. The van der Waals surface area contributed by atoms with Gasteiger partial charge in [0, 0.05) is 16.5 Å². The molecule has 2 saturated carbocycles. The van der Waals surface area contributed by atoms with E-state index in [1.807, 2.05) is 18.2 Å². The monoisotopic (exact) mass is 366 g/mol. The van der Waals surface area contributed by atoms with Gasteiger partial charge in [-0.25, -0.2) is 0 Å². The summed E-state index contributed by atoms with van der Waals surface area (Å²) in [6.07, 6.45) is 5.84. The van der Waals surface area contributed by atoms with Crippen LogP contribution in [0.1, 0.15) is 37.7 Å². The van der Waals surface area contributed by atoms with Crippen LogP contribution in [0.2, 0.25) is 0 Å². The first-order valence-electron chi connectivity index (χ1n) is 7.42. The fourth-order valence-electron chi connectivity index (χ4n) is 3.90. The lowest BCUT2D eigenvalue weighted by Gasteiger charge is -2.21. The van der Waals surface area contributed by atoms with Crippen LogP contribution in [0, 0.1) is 17.8 Å². The number of hydrogen-bond donors (Lipinski definition) is 2. The SMILES string of the molecule is NC(=S)c1cc(Br)ccc1NC(=O)CC1CC2CCC1C2. The van der Waals surface area contributed by atoms with Crippen molar-refractivity contribution in [3.63, 3.8) is 0 Å². The fraction of sp³-hybridized carbons (Fsp3) is 0.500. The molecule has 1 aromatic carbocycles. The molecule has 3 N–H and O–H groups in total. The van der Waals surface area contributed by atoms with Crippen LogP contribution < -0.4 is 11.1 Å². The summed E-state index contributed by atoms with van der Waals surface area (Å²) in [5.74, 6) is 2.27. The Labute approximate surface area is 138 Å². The lowest BCUT2D eigenvalue weighted by Crippen LogP contribution is -2.22. The highest BCUT2D eigenvalue weighted by Crippen LogP contribution is 2.49. The Kier molecular flexibility index (Phi) is 4.31. The average Bonchev–Trinajstić information content (AvgIpc) is 3.02. The maximum atomic E-state index is 12.3. The van der Waals surface area contributed by atoms with Gasteiger partial charge in [-0.3, -0.25) is 4.79 Å². The molecule has 2 bridgehead atoms. The van der Waals surface area contributed by atoms with Gasteiger partial charge in [0.2, 0.25) is 5.91 Å². The van der Waals surface area contributed by atoms with Gasteiger partial charge in [-0.1, -0.05) is 34.6 Å². The Bertz CT molecular complexity index is 590. The number of rotatable bonds is 4. The summed E-state index contributed by atoms with van der Waals surface area (Å²) in [5, 5.41) is 2.98. The van der Waals surface area contributed by atoms with Gasteiger partial charge in [0.1, 0.15) is 4.99 Å². The minimum absolute atomic E-state index is 0.0763. The number of nitrogens with one attached hydrogen (secondary N) is 1. The summed E-state index contributed by atoms with van der Waals surface area (Å²) >= 11 is 8.45. The average molecular weight is 367 g/mol. The van der Waals surface area contributed by atoms with Crippen LogP contribution in [0.25, 0.3) is 0 Å². The molecule has 2 aliphatic rings. The topological polar surface area (TPSA) is 55.1 Å². The molecule has 5 heteroatoms. The van der Waals surface area contributed by atoms with E-state index < -0.39 is 0 Å². The van der Waals surface area contributed by atoms with E-state index in [9.17, 15) is 4.79 Å². The molecule has 0 saturated heterocycles. The van der Waals surface area contributed by atoms with Crippen molar-refractivity contribution >= 4 is 44.7 Å². The maximum absolute atomic E-state index is 12.3. The number of amides is 1. The first kappa shape index (κ1) is 15.0. The number of benzene rings is 1. The molecule has 0 spiro atoms. The first-order chi connectivity index (χ1) is 10.0. The van der Waals surface area contributed by atoms with Crippen LogP contribution in [0.3, 0.4) is 0 Å². The van der Waals surface area contributed by atoms with Crippen molar-refractivity contribution in [2.24, 2.45) is 23.5 Å². The summed E-state index contributed by atoms with van der Waals surface area (Å²) in [7, 11) is 0. The number of carbonyl (C=O) groups is 1. The highest BCUT2D eigenvalue weighted by molar-refractivity contribution is 9.10. The van der Waals surface area contributed by atoms with Crippen molar-refractivity contribution < 1.29 is 4.79 Å². The van der Waals surface area contributed by atoms with E-state index in [1.54, 1.807) is 0 Å². The van der Waals surface area contributed by atoms with E-state index in [0.717, 1.165) is 16.3 Å². The third kappa shape index (κ3) is 3.29. The zero-order chi connectivity index (χ0) is 15.0. The van der Waals surface area contributed by atoms with Crippen LogP contribution >= 0.6 is 28.1 Å². The van der Waals surface area contributed by atoms with Crippen molar-refractivity contribution in [3.05, 3.63) is 28.2 Å². The molecule has 2 aliphatic carbocycles. The molecule has 1 aromatic rings. The van der Waals surface area contributed by atoms with Gasteiger partial charge in [0.15, 0.2) is 0 Å². The van der Waals surface area contributed by atoms with Crippen molar-refractivity contribution in [2.75, 3.05) is 5.32 Å². The van der Waals surface area contributed by atoms with Gasteiger partial charge in [-0.2, -0.15) is 0 Å². The predicted octanol–water partition coefficient (Wildman–Crippen LogP) is 3.85. The molecule has 2 fully saturated rings. The second kappa shape index (κ2) is 6.05. The second-order valence-corrected chi connectivity index (χ2v) is 7.60. The summed E-state index contributed by atoms with van der Waals surface area (Å²) in [4.78, 5) is 12.6. The van der Waals surface area contributed by atoms with E-state index in [2.05, 4.69) is 21.2 Å². The third-order valence-corrected chi connectivity index (χ3v) is 5.57. The highest BCUT2D eigenvalue weighted by Gasteiger charge is 2.40. The molecule has 3 rings (SSSR count). The number of anilines is 1. The standard InChI is InChI=1S/C16H19BrN2OS/c17-12-3-4-14(13(8-12)16(18)21)19-15(20)7-11-6-9-1-2-10(11)5-9/h3-4,8-11H,1-2,5-7H2,(H2,18,21)(H,19,20). The van der Waals surface area contributed by atoms with Gasteiger partial charge < -0.3 is 11.1 Å². The minimum Gasteiger partial charge on any atom is -0.389 e. The Hall–Kier alpha value is -0.940. The van der Waals surface area contributed by atoms with Crippen LogP contribution in [0.4, 0.5) is 5.69 Å². The van der Waals surface area contributed by atoms with E-state index in [-0.39, 0.29) is 5.91 Å². The van der Waals surface area contributed by atoms with Gasteiger partial charge in [-0.05, 0) is 55.2 Å². The van der Waals surface area contributed by atoms with Crippen molar-refractivity contribution in [3.8, 4) is 0 Å². The Morgan fingerprint density at radius 3 is 2.81 bits per heavy atom. The predicted molar refractivity (Wildman–Crippen MR) is 92.2 cm³/mol. The molecular formula is C16H19BrN2OS. The number of hydrogen-bond acceptors (Lipinski definition) is 2. The summed E-state index contributed by atoms with van der Waals surface area (Å²) in [6, 6.07) is 5.57. The zero-order valence-electron chi connectivity index (χ0n) is 11.8. The third-order valence-electron chi connectivity index (χ3n) is 4.85. The number of nitrogens with two attached hydrogens (primary N) is 1. The first-order valence-corrected chi connectivity index (χ1v) is 8.62. The molecule has 0 aliphatic heterocycles. The Balaban J connectivity index is 1.66. The van der Waals surface area contributed by atoms with Gasteiger partial charge in [0.05, 0.1) is 5.69 Å². The Morgan fingerprint density at radius 2 is 2.19 bits per heavy atom. The molecule has 21 heavy (non-hydrogen) atoms. The maximum Gasteiger partial charge on any atom is 0.224 e. The fourth-order valence-corrected chi connectivity index (χ4v) is 4.43. The number of thiocarbonyl (C=S) groups is 1. The molecular weight excluding hydrogens is 348 g/mol. The molecule has 3 unspecified atom stereocenters. The number of halogens is 1. The van der Waals surface area contributed by atoms with E-state index in [4.69, 9.17) is 18.0 Å². The quantitative estimate of drug-likeness (QED) is 0.795. The summed E-state index contributed by atoms with van der Waals surface area (Å²) in [5.41, 5.74) is 7.15. The van der Waals surface area contributed by atoms with Crippen molar-refractivity contribution in [1.82, 2.24) is 0 Å². The zero-order valence-corrected chi connectivity index (χ0v) is 14.2. The summed E-state index contributed by atoms with van der Waals surface area (Å²) in [6.45, 7) is 0. The van der Waals surface area contributed by atoms with Crippen LogP contribution in [-0.4, -0.2) is 10.9 Å². The van der Waals surface area contributed by atoms with Gasteiger partial charge in [-0.15, -0.1) is 0 Å². The van der Waals surface area contributed by atoms with E-state index >= 15 is 0 Å². The van der Waals surface area contributed by atoms with Crippen LogP contribution in [-0.2, 0) is 4.79 Å². The Morgan fingerprint density at radius 1 is 1.38 bits per heavy atom. The molecule has 0 heterocycles. The van der Waals surface area contributed by atoms with Crippen LogP contribution in [0.15, 0.2) is 22.7 Å². The molecule has 0 radical (unpaired) electrons. The molecule has 0 aromatic heterocycles. The molecule has 3 atom stereocenters. The number of carbonyl (C=O) groups excluding carboxylic acids is 1. The number of fused-ring (bicyclic) bond motifs is 2. The molecule has 3 nitrogen and oxygen atoms in total. The van der Waals surface area contributed by atoms with Crippen molar-refractivity contribution in [1.29, 1.82) is 0 Å². The molecule has 1 amide bonds. The smallest absolute Gasteiger partial charge is 0.224 e. The minimum atomic E-state index is 0.0763. The van der Waals surface area contributed by atoms with Crippen molar-refractivity contribution in [2.45, 2.75) is 32.1 Å². The highest BCUT2D eigenvalue weighted by atomic mass is 79.9. The van der Waals surface area contributed by atoms with E-state index in [0.29, 0.717) is 28.6 Å². The largest absolute Gasteiger partial charge is 0.389 e. The normalized spacial score (nSPS) is 26.8. The van der Waals surface area contributed by atoms with Crippen LogP contribution in [0.5, 0.6) is 0 Å². The van der Waals surface area contributed by atoms with Gasteiger partial charge >= 0.3 is 0 Å². The molecule has 112 valence electrons.